The number of benzene rings is 1. The molecule has 0 bridgehead atoms. The van der Waals surface area contributed by atoms with Crippen LogP contribution in [0.5, 0.6) is 0 Å². The predicted octanol–water partition coefficient (Wildman–Crippen LogP) is 3.88. The van der Waals surface area contributed by atoms with Gasteiger partial charge >= 0.3 is 0 Å². The van der Waals surface area contributed by atoms with Crippen LogP contribution in [0.3, 0.4) is 0 Å². The van der Waals surface area contributed by atoms with Crippen LogP contribution in [0.1, 0.15) is 18.9 Å². The van der Waals surface area contributed by atoms with E-state index >= 15 is 0 Å². The maximum absolute atomic E-state index is 12.3. The number of nitrogens with zero attached hydrogens (tertiary/aromatic N) is 1. The van der Waals surface area contributed by atoms with Gasteiger partial charge in [-0.1, -0.05) is 29.8 Å². The number of halogens is 3. The average molecular weight is 307 g/mol. The third-order valence-corrected chi connectivity index (χ3v) is 4.91. The van der Waals surface area contributed by atoms with E-state index in [4.69, 9.17) is 34.8 Å². The molecule has 1 unspecified atom stereocenters. The zero-order valence-corrected chi connectivity index (χ0v) is 12.5. The lowest BCUT2D eigenvalue weighted by Crippen LogP contribution is -2.34. The van der Waals surface area contributed by atoms with Gasteiger partial charge in [-0.2, -0.15) is 0 Å². The van der Waals surface area contributed by atoms with Crippen LogP contribution < -0.4 is 0 Å². The van der Waals surface area contributed by atoms with Gasteiger partial charge in [0.15, 0.2) is 0 Å². The molecule has 0 aliphatic heterocycles. The van der Waals surface area contributed by atoms with Crippen LogP contribution in [-0.4, -0.2) is 22.2 Å². The Kier molecular flexibility index (Phi) is 3.56. The van der Waals surface area contributed by atoms with Crippen molar-refractivity contribution >= 4 is 40.7 Å². The lowest BCUT2D eigenvalue weighted by molar-refractivity contribution is -0.135. The third-order valence-electron chi connectivity index (χ3n) is 3.44. The molecule has 0 saturated heterocycles. The maximum Gasteiger partial charge on any atom is 0.231 e. The minimum Gasteiger partial charge on any atom is -0.341 e. The van der Waals surface area contributed by atoms with Crippen LogP contribution >= 0.6 is 34.8 Å². The van der Waals surface area contributed by atoms with Gasteiger partial charge < -0.3 is 4.90 Å². The minimum absolute atomic E-state index is 0.0487. The van der Waals surface area contributed by atoms with E-state index in [0.717, 1.165) is 5.56 Å². The molecule has 18 heavy (non-hydrogen) atoms. The summed E-state index contributed by atoms with van der Waals surface area (Å²) in [5, 5.41) is 0.654. The summed E-state index contributed by atoms with van der Waals surface area (Å²) in [6, 6.07) is 7.46. The Hall–Kier alpha value is -0.440. The van der Waals surface area contributed by atoms with E-state index in [-0.39, 0.29) is 5.91 Å². The molecule has 0 heterocycles. The normalized spacial score (nSPS) is 24.7. The summed E-state index contributed by atoms with van der Waals surface area (Å²) in [6.07, 6.45) is 0.495. The van der Waals surface area contributed by atoms with Crippen molar-refractivity contribution in [1.82, 2.24) is 4.90 Å². The fourth-order valence-corrected chi connectivity index (χ4v) is 2.90. The van der Waals surface area contributed by atoms with Crippen molar-refractivity contribution in [3.63, 3.8) is 0 Å². The number of alkyl halides is 2. The van der Waals surface area contributed by atoms with Crippen LogP contribution in [0.25, 0.3) is 0 Å². The molecule has 1 aliphatic carbocycles. The second-order valence-corrected chi connectivity index (χ2v) is 6.86. The molecule has 1 amide bonds. The van der Waals surface area contributed by atoms with Gasteiger partial charge in [0, 0.05) is 18.6 Å². The van der Waals surface area contributed by atoms with Crippen molar-refractivity contribution in [3.8, 4) is 0 Å². The van der Waals surface area contributed by atoms with E-state index in [1.165, 1.54) is 0 Å². The Morgan fingerprint density at radius 3 is 2.44 bits per heavy atom. The van der Waals surface area contributed by atoms with Crippen molar-refractivity contribution in [2.45, 2.75) is 24.2 Å². The average Bonchev–Trinajstić information content (AvgIpc) is 2.81. The number of rotatable bonds is 3. The zero-order chi connectivity index (χ0) is 13.6. The van der Waals surface area contributed by atoms with Crippen molar-refractivity contribution in [3.05, 3.63) is 34.9 Å². The number of carbonyl (C=O) groups excluding carboxylic acids is 1. The van der Waals surface area contributed by atoms with Crippen LogP contribution in [0.15, 0.2) is 24.3 Å². The molecule has 2 nitrogen and oxygen atoms in total. The molecule has 1 atom stereocenters. The highest BCUT2D eigenvalue weighted by Crippen LogP contribution is 2.64. The summed E-state index contributed by atoms with van der Waals surface area (Å²) in [7, 11) is 1.74. The highest BCUT2D eigenvalue weighted by Gasteiger charge is 2.68. The molecule has 1 aromatic carbocycles. The van der Waals surface area contributed by atoms with Crippen molar-refractivity contribution in [1.29, 1.82) is 0 Å². The van der Waals surface area contributed by atoms with E-state index in [9.17, 15) is 4.79 Å². The molecule has 0 N–H and O–H groups in total. The van der Waals surface area contributed by atoms with E-state index < -0.39 is 9.75 Å². The minimum atomic E-state index is -0.932. The molecular formula is C13H14Cl3NO. The summed E-state index contributed by atoms with van der Waals surface area (Å²) in [5.74, 6) is -0.0487. The molecular weight excluding hydrogens is 293 g/mol. The summed E-state index contributed by atoms with van der Waals surface area (Å²) in [4.78, 5) is 13.9. The molecule has 2 rings (SSSR count). The predicted molar refractivity (Wildman–Crippen MR) is 75.1 cm³/mol. The van der Waals surface area contributed by atoms with Crippen molar-refractivity contribution in [2.24, 2.45) is 5.41 Å². The zero-order valence-electron chi connectivity index (χ0n) is 10.2. The number of amides is 1. The van der Waals surface area contributed by atoms with Gasteiger partial charge in [-0.25, -0.2) is 0 Å². The van der Waals surface area contributed by atoms with Gasteiger partial charge in [0.1, 0.15) is 4.33 Å². The van der Waals surface area contributed by atoms with E-state index in [1.54, 1.807) is 24.9 Å². The van der Waals surface area contributed by atoms with Crippen molar-refractivity contribution < 1.29 is 4.79 Å². The molecule has 1 aromatic rings. The first-order valence-electron chi connectivity index (χ1n) is 5.65. The molecule has 0 radical (unpaired) electrons. The maximum atomic E-state index is 12.3. The Labute approximate surface area is 122 Å². The van der Waals surface area contributed by atoms with Crippen LogP contribution in [0.2, 0.25) is 5.02 Å². The van der Waals surface area contributed by atoms with Gasteiger partial charge in [0.05, 0.1) is 5.41 Å². The van der Waals surface area contributed by atoms with Crippen molar-refractivity contribution in [2.75, 3.05) is 7.05 Å². The lowest BCUT2D eigenvalue weighted by atomic mass is 10.1. The Morgan fingerprint density at radius 2 is 1.94 bits per heavy atom. The Bertz CT molecular complexity index is 489. The highest BCUT2D eigenvalue weighted by molar-refractivity contribution is 6.53. The van der Waals surface area contributed by atoms with Crippen LogP contribution in [0.4, 0.5) is 0 Å². The molecule has 0 spiro atoms. The second kappa shape index (κ2) is 4.59. The van der Waals surface area contributed by atoms with E-state index in [2.05, 4.69) is 0 Å². The van der Waals surface area contributed by atoms with E-state index in [0.29, 0.717) is 18.0 Å². The molecule has 0 aromatic heterocycles. The SMILES string of the molecule is CN(Cc1ccccc1Cl)C(=O)C1(C)CC1(Cl)Cl. The quantitative estimate of drug-likeness (QED) is 0.776. The van der Waals surface area contributed by atoms with E-state index in [1.807, 2.05) is 18.2 Å². The lowest BCUT2D eigenvalue weighted by Gasteiger charge is -2.22. The summed E-state index contributed by atoms with van der Waals surface area (Å²) in [6.45, 7) is 2.25. The van der Waals surface area contributed by atoms with Gasteiger partial charge in [0.2, 0.25) is 5.91 Å². The third kappa shape index (κ3) is 2.34. The topological polar surface area (TPSA) is 20.3 Å². The standard InChI is InChI=1S/C13H14Cl3NO/c1-12(8-13(12,15)16)11(18)17(2)7-9-5-3-4-6-10(9)14/h3-6H,7-8H2,1-2H3. The molecule has 1 saturated carbocycles. The largest absolute Gasteiger partial charge is 0.341 e. The number of hydrogen-bond acceptors (Lipinski definition) is 1. The smallest absolute Gasteiger partial charge is 0.231 e. The molecule has 98 valence electrons. The summed E-state index contributed by atoms with van der Waals surface area (Å²) < 4.78 is -0.932. The first-order chi connectivity index (χ1) is 8.28. The Morgan fingerprint density at radius 1 is 1.39 bits per heavy atom. The summed E-state index contributed by atoms with van der Waals surface area (Å²) in [5.41, 5.74) is 0.237. The number of hydrogen-bond donors (Lipinski definition) is 0. The van der Waals surface area contributed by atoms with Crippen LogP contribution in [-0.2, 0) is 11.3 Å². The first kappa shape index (κ1) is 14.0. The first-order valence-corrected chi connectivity index (χ1v) is 6.78. The van der Waals surface area contributed by atoms with Gasteiger partial charge in [-0.05, 0) is 25.0 Å². The van der Waals surface area contributed by atoms with Crippen LogP contribution in [0, 0.1) is 5.41 Å². The summed E-state index contributed by atoms with van der Waals surface area (Å²) >= 11 is 18.1. The monoisotopic (exact) mass is 305 g/mol. The fourth-order valence-electron chi connectivity index (χ4n) is 2.01. The number of carbonyl (C=O) groups is 1. The molecule has 1 aliphatic rings. The fraction of sp³-hybridized carbons (Fsp3) is 0.462. The molecule has 1 fully saturated rings. The van der Waals surface area contributed by atoms with Gasteiger partial charge in [-0.15, -0.1) is 23.2 Å². The highest BCUT2D eigenvalue weighted by atomic mass is 35.5. The Balaban J connectivity index is 2.08. The van der Waals surface area contributed by atoms with Gasteiger partial charge in [0.25, 0.3) is 0 Å². The second-order valence-electron chi connectivity index (χ2n) is 4.97. The van der Waals surface area contributed by atoms with Gasteiger partial charge in [-0.3, -0.25) is 4.79 Å². The molecule has 5 heteroatoms.